The van der Waals surface area contributed by atoms with Crippen LogP contribution in [0, 0.1) is 17.8 Å². The van der Waals surface area contributed by atoms with E-state index in [9.17, 15) is 43.2 Å². The molecule has 0 aromatic heterocycles. The first-order chi connectivity index (χ1) is 49.2. The summed E-state index contributed by atoms with van der Waals surface area (Å²) in [5.74, 6) is 0.178. The van der Waals surface area contributed by atoms with E-state index in [1.54, 1.807) is 0 Å². The lowest BCUT2D eigenvalue weighted by molar-refractivity contribution is -0.161. The average Bonchev–Trinajstić information content (AvgIpc) is 0.918. The molecule has 0 fully saturated rings. The van der Waals surface area contributed by atoms with Crippen molar-refractivity contribution >= 4 is 39.5 Å². The van der Waals surface area contributed by atoms with Gasteiger partial charge in [0.2, 0.25) is 0 Å². The number of carbonyl (C=O) groups excluding carboxylic acids is 4. The predicted octanol–water partition coefficient (Wildman–Crippen LogP) is 24.9. The van der Waals surface area contributed by atoms with Crippen molar-refractivity contribution in [3.63, 3.8) is 0 Å². The van der Waals surface area contributed by atoms with Gasteiger partial charge in [0.15, 0.2) is 12.2 Å². The monoisotopic (exact) mass is 1490 g/mol. The lowest BCUT2D eigenvalue weighted by atomic mass is 10.0. The first-order valence-corrected chi connectivity index (χ1v) is 45.8. The van der Waals surface area contributed by atoms with Crippen molar-refractivity contribution in [1.82, 2.24) is 0 Å². The van der Waals surface area contributed by atoms with Gasteiger partial charge in [-0.25, -0.2) is 9.13 Å². The van der Waals surface area contributed by atoms with Crippen molar-refractivity contribution < 1.29 is 80.2 Å². The van der Waals surface area contributed by atoms with E-state index in [0.717, 1.165) is 108 Å². The third-order valence-corrected chi connectivity index (χ3v) is 21.3. The zero-order valence-corrected chi connectivity index (χ0v) is 68.9. The molecule has 0 aromatic carbocycles. The topological polar surface area (TPSA) is 237 Å². The number of ether oxygens (including phenoxy) is 4. The smallest absolute Gasteiger partial charge is 0.462 e. The standard InChI is InChI=1S/C83H162O17P2/c1-8-9-10-11-12-13-14-15-16-17-18-19-23-26-29-35-43-50-57-64-80(85)93-70-78(99-82(87)66-59-52-45-36-30-27-24-21-20-22-25-28-33-40-47-54-61-74(2)3)72-97-101(89,90)95-68-77(84)69-96-102(91,92)98-73-79(71-94-81(86)65-58-51-44-39-38-42-49-56-63-76(6)7)100-83(88)67-60-53-46-37-32-31-34-41-48-55-62-75(4)5/h74-79,84H,8-73H2,1-7H3,(H,89,90)(H,91,92)/t77-,78-,79-/m1/s1. The molecular formula is C83H162O17P2. The highest BCUT2D eigenvalue weighted by Gasteiger charge is 2.30. The van der Waals surface area contributed by atoms with Gasteiger partial charge in [-0.1, -0.05) is 382 Å². The number of rotatable bonds is 81. The molecule has 0 amide bonds. The van der Waals surface area contributed by atoms with Gasteiger partial charge < -0.3 is 33.8 Å². The van der Waals surface area contributed by atoms with Crippen LogP contribution in [0.5, 0.6) is 0 Å². The molecule has 0 bridgehead atoms. The van der Waals surface area contributed by atoms with E-state index >= 15 is 0 Å². The molecule has 0 saturated heterocycles. The van der Waals surface area contributed by atoms with E-state index < -0.39 is 97.5 Å². The summed E-state index contributed by atoms with van der Waals surface area (Å²) in [6, 6.07) is 0. The number of aliphatic hydroxyl groups excluding tert-OH is 1. The number of phosphoric ester groups is 2. The highest BCUT2D eigenvalue weighted by atomic mass is 31.2. The third kappa shape index (κ3) is 76.3. The highest BCUT2D eigenvalue weighted by molar-refractivity contribution is 7.47. The Bertz CT molecular complexity index is 1970. The van der Waals surface area contributed by atoms with Gasteiger partial charge in [-0.15, -0.1) is 0 Å². The van der Waals surface area contributed by atoms with E-state index in [2.05, 4.69) is 48.5 Å². The molecule has 606 valence electrons. The molecule has 2 unspecified atom stereocenters. The number of unbranched alkanes of at least 4 members (excludes halogenated alkanes) is 49. The predicted molar refractivity (Wildman–Crippen MR) is 418 cm³/mol. The Kier molecular flexibility index (Phi) is 71.8. The maximum absolute atomic E-state index is 13.1. The highest BCUT2D eigenvalue weighted by Crippen LogP contribution is 2.45. The van der Waals surface area contributed by atoms with Crippen molar-refractivity contribution in [2.75, 3.05) is 39.6 Å². The SMILES string of the molecule is CCCCCCCCCCCCCCCCCCCCCC(=O)OC[C@H](COP(=O)(O)OC[C@@H](O)COP(=O)(O)OC[C@@H](COC(=O)CCCCCCCCCCC(C)C)OC(=O)CCCCCCCCCCCCC(C)C)OC(=O)CCCCCCCCCCCCCCCCCCC(C)C. The van der Waals surface area contributed by atoms with Gasteiger partial charge >= 0.3 is 39.5 Å². The van der Waals surface area contributed by atoms with Crippen LogP contribution < -0.4 is 0 Å². The van der Waals surface area contributed by atoms with E-state index in [-0.39, 0.29) is 25.7 Å². The Morgan fingerprint density at radius 3 is 0.667 bits per heavy atom. The lowest BCUT2D eigenvalue weighted by Crippen LogP contribution is -2.30. The summed E-state index contributed by atoms with van der Waals surface area (Å²) in [6.45, 7) is 11.9. The second kappa shape index (κ2) is 73.2. The maximum atomic E-state index is 13.1. The molecule has 17 nitrogen and oxygen atoms in total. The molecule has 0 rings (SSSR count). The van der Waals surface area contributed by atoms with Gasteiger partial charge in [-0.2, -0.15) is 0 Å². The normalized spacial score (nSPS) is 13.9. The second-order valence-corrected chi connectivity index (χ2v) is 34.2. The minimum atomic E-state index is -4.96. The summed E-state index contributed by atoms with van der Waals surface area (Å²) in [5.41, 5.74) is 0. The largest absolute Gasteiger partial charge is 0.472 e. The number of hydrogen-bond donors (Lipinski definition) is 3. The first-order valence-electron chi connectivity index (χ1n) is 42.8. The van der Waals surface area contributed by atoms with Gasteiger partial charge in [0.1, 0.15) is 19.3 Å². The van der Waals surface area contributed by atoms with E-state index in [4.69, 9.17) is 37.0 Å². The fourth-order valence-electron chi connectivity index (χ4n) is 12.8. The summed E-state index contributed by atoms with van der Waals surface area (Å²) in [5, 5.41) is 10.7. The first kappa shape index (κ1) is 100. The van der Waals surface area contributed by atoms with Crippen LogP contribution in [-0.4, -0.2) is 96.7 Å². The maximum Gasteiger partial charge on any atom is 0.472 e. The molecule has 3 N–H and O–H groups in total. The van der Waals surface area contributed by atoms with Crippen LogP contribution in [0.1, 0.15) is 434 Å². The van der Waals surface area contributed by atoms with Gasteiger partial charge in [0, 0.05) is 25.7 Å². The van der Waals surface area contributed by atoms with Crippen LogP contribution in [0.25, 0.3) is 0 Å². The van der Waals surface area contributed by atoms with Crippen LogP contribution in [0.2, 0.25) is 0 Å². The molecule has 0 aliphatic heterocycles. The molecule has 0 heterocycles. The molecule has 0 saturated carbocycles. The number of carbonyl (C=O) groups is 4. The van der Waals surface area contributed by atoms with Crippen LogP contribution in [0.15, 0.2) is 0 Å². The quantitative estimate of drug-likeness (QED) is 0.0222. The summed E-state index contributed by atoms with van der Waals surface area (Å²) in [6.07, 6.45) is 62.6. The minimum Gasteiger partial charge on any atom is -0.462 e. The number of esters is 4. The van der Waals surface area contributed by atoms with E-state index in [1.807, 2.05) is 0 Å². The summed E-state index contributed by atoms with van der Waals surface area (Å²) in [7, 11) is -9.92. The van der Waals surface area contributed by atoms with Crippen molar-refractivity contribution in [3.05, 3.63) is 0 Å². The summed E-state index contributed by atoms with van der Waals surface area (Å²) < 4.78 is 68.8. The average molecular weight is 1490 g/mol. The Hall–Kier alpha value is -1.94. The fraction of sp³-hybridized carbons (Fsp3) is 0.952. The Balaban J connectivity index is 5.24. The minimum absolute atomic E-state index is 0.105. The molecule has 5 atom stereocenters. The third-order valence-electron chi connectivity index (χ3n) is 19.4. The summed E-state index contributed by atoms with van der Waals surface area (Å²) in [4.78, 5) is 73.1. The van der Waals surface area contributed by atoms with Gasteiger partial charge in [0.25, 0.3) is 0 Å². The molecule has 0 aromatic rings. The van der Waals surface area contributed by atoms with Gasteiger partial charge in [0.05, 0.1) is 26.4 Å². The number of hydrogen-bond acceptors (Lipinski definition) is 15. The van der Waals surface area contributed by atoms with Crippen LogP contribution in [0.4, 0.5) is 0 Å². The molecule has 102 heavy (non-hydrogen) atoms. The van der Waals surface area contributed by atoms with Crippen molar-refractivity contribution in [2.24, 2.45) is 17.8 Å². The van der Waals surface area contributed by atoms with Gasteiger partial charge in [-0.3, -0.25) is 37.3 Å². The molecule has 0 radical (unpaired) electrons. The number of aliphatic hydroxyl groups is 1. The zero-order chi connectivity index (χ0) is 75.1. The van der Waals surface area contributed by atoms with Crippen molar-refractivity contribution in [3.8, 4) is 0 Å². The Morgan fingerprint density at radius 1 is 0.265 bits per heavy atom. The molecular weight excluding hydrogens is 1330 g/mol. The van der Waals surface area contributed by atoms with E-state index in [0.29, 0.717) is 25.7 Å². The van der Waals surface area contributed by atoms with Crippen LogP contribution >= 0.6 is 15.6 Å². The molecule has 0 aliphatic rings. The summed E-state index contributed by atoms with van der Waals surface area (Å²) >= 11 is 0. The van der Waals surface area contributed by atoms with Gasteiger partial charge in [-0.05, 0) is 43.4 Å². The van der Waals surface area contributed by atoms with Crippen molar-refractivity contribution in [1.29, 1.82) is 0 Å². The Morgan fingerprint density at radius 2 is 0.451 bits per heavy atom. The van der Waals surface area contributed by atoms with E-state index in [1.165, 1.54) is 244 Å². The fourth-order valence-corrected chi connectivity index (χ4v) is 14.4. The Labute approximate surface area is 626 Å². The molecule has 0 spiro atoms. The second-order valence-electron chi connectivity index (χ2n) is 31.3. The van der Waals surface area contributed by atoms with Crippen LogP contribution in [0.3, 0.4) is 0 Å². The zero-order valence-electron chi connectivity index (χ0n) is 67.1. The van der Waals surface area contributed by atoms with Crippen LogP contribution in [-0.2, 0) is 65.4 Å². The lowest BCUT2D eigenvalue weighted by Gasteiger charge is -2.21. The molecule has 19 heteroatoms. The molecule has 0 aliphatic carbocycles. The number of phosphoric acid groups is 2. The van der Waals surface area contributed by atoms with Crippen molar-refractivity contribution in [2.45, 2.75) is 452 Å².